The molecular weight excluding hydrogens is 386 g/mol. The molecule has 1 saturated heterocycles. The third kappa shape index (κ3) is 3.24. The number of benzene rings is 2. The molecule has 1 aromatic heterocycles. The number of furan rings is 1. The van der Waals surface area contributed by atoms with E-state index >= 15 is 0 Å². The van der Waals surface area contributed by atoms with Crippen LogP contribution in [-0.2, 0) is 6.54 Å². The minimum Gasteiger partial charge on any atom is -0.466 e. The Labute approximate surface area is 182 Å². The van der Waals surface area contributed by atoms with Crippen molar-refractivity contribution in [1.29, 1.82) is 0 Å². The number of hydrogen-bond donors (Lipinski definition) is 0. The molecule has 0 radical (unpaired) electrons. The number of hydrogen-bond acceptors (Lipinski definition) is 5. The van der Waals surface area contributed by atoms with Crippen molar-refractivity contribution in [3.8, 4) is 5.75 Å². The van der Waals surface area contributed by atoms with E-state index in [-0.39, 0.29) is 6.04 Å². The molecule has 5 heteroatoms. The Kier molecular flexibility index (Phi) is 4.39. The Hall–Kier alpha value is -3.05. The standard InChI is InChI=1S/C26H27N3O2/c1-19-11-12-25(30-19)22-17-23-21-9-5-6-10-24(21)31-26(29(23)27-22)13-15-28(16-14-26)18-20-7-3-2-4-8-20/h2-12,23H,13-18H2,1H3. The number of rotatable bonds is 3. The Bertz CT molecular complexity index is 1110. The molecule has 0 saturated carbocycles. The summed E-state index contributed by atoms with van der Waals surface area (Å²) in [4.78, 5) is 2.52. The first-order valence-corrected chi connectivity index (χ1v) is 11.2. The van der Waals surface area contributed by atoms with Gasteiger partial charge < -0.3 is 9.15 Å². The molecule has 1 unspecified atom stereocenters. The molecule has 3 aromatic rings. The van der Waals surface area contributed by atoms with Gasteiger partial charge in [0.15, 0.2) is 0 Å². The van der Waals surface area contributed by atoms with E-state index in [4.69, 9.17) is 14.3 Å². The van der Waals surface area contributed by atoms with Crippen molar-refractivity contribution in [3.05, 3.63) is 89.4 Å². The van der Waals surface area contributed by atoms with Crippen molar-refractivity contribution < 1.29 is 9.15 Å². The molecule has 0 amide bonds. The summed E-state index contributed by atoms with van der Waals surface area (Å²) in [6, 6.07) is 23.4. The van der Waals surface area contributed by atoms with Crippen molar-refractivity contribution in [2.75, 3.05) is 13.1 Å². The van der Waals surface area contributed by atoms with E-state index in [9.17, 15) is 0 Å². The Morgan fingerprint density at radius 1 is 0.968 bits per heavy atom. The number of hydrazone groups is 1. The maximum atomic E-state index is 6.72. The quantitative estimate of drug-likeness (QED) is 0.597. The maximum absolute atomic E-state index is 6.72. The molecule has 0 bridgehead atoms. The molecule has 158 valence electrons. The van der Waals surface area contributed by atoms with Gasteiger partial charge >= 0.3 is 0 Å². The van der Waals surface area contributed by atoms with Crippen LogP contribution in [0.4, 0.5) is 0 Å². The third-order valence-corrected chi connectivity index (χ3v) is 6.82. The molecule has 1 spiro atoms. The van der Waals surface area contributed by atoms with E-state index in [1.165, 1.54) is 11.1 Å². The SMILES string of the molecule is Cc1ccc(C2=NN3C(C2)c2ccccc2OC32CCN(Cc3ccccc3)CC2)o1. The van der Waals surface area contributed by atoms with E-state index in [2.05, 4.69) is 64.5 Å². The zero-order valence-corrected chi connectivity index (χ0v) is 17.8. The lowest BCUT2D eigenvalue weighted by atomic mass is 9.91. The highest BCUT2D eigenvalue weighted by molar-refractivity contribution is 5.99. The first-order valence-electron chi connectivity index (χ1n) is 11.2. The van der Waals surface area contributed by atoms with Crippen LogP contribution in [0.2, 0.25) is 0 Å². The van der Waals surface area contributed by atoms with E-state index in [1.807, 2.05) is 19.1 Å². The van der Waals surface area contributed by atoms with Gasteiger partial charge in [-0.15, -0.1) is 0 Å². The van der Waals surface area contributed by atoms with Crippen LogP contribution in [0, 0.1) is 6.92 Å². The van der Waals surface area contributed by atoms with Crippen LogP contribution < -0.4 is 4.74 Å². The Balaban J connectivity index is 1.29. The Morgan fingerprint density at radius 2 is 1.74 bits per heavy atom. The number of fused-ring (bicyclic) bond motifs is 4. The van der Waals surface area contributed by atoms with Crippen LogP contribution in [0.15, 0.2) is 76.2 Å². The number of likely N-dealkylation sites (tertiary alicyclic amines) is 1. The van der Waals surface area contributed by atoms with Crippen LogP contribution in [-0.4, -0.2) is 34.4 Å². The second-order valence-corrected chi connectivity index (χ2v) is 8.87. The molecule has 2 aromatic carbocycles. The van der Waals surface area contributed by atoms with Crippen molar-refractivity contribution in [3.63, 3.8) is 0 Å². The Morgan fingerprint density at radius 3 is 2.52 bits per heavy atom. The second-order valence-electron chi connectivity index (χ2n) is 8.87. The largest absolute Gasteiger partial charge is 0.466 e. The average molecular weight is 414 g/mol. The minimum atomic E-state index is -0.393. The number of nitrogens with zero attached hydrogens (tertiary/aromatic N) is 3. The van der Waals surface area contributed by atoms with Crippen LogP contribution >= 0.6 is 0 Å². The molecule has 3 aliphatic heterocycles. The lowest BCUT2D eigenvalue weighted by Gasteiger charge is -2.51. The molecule has 0 aliphatic carbocycles. The van der Waals surface area contributed by atoms with E-state index in [1.54, 1.807) is 0 Å². The summed E-state index contributed by atoms with van der Waals surface area (Å²) in [5.74, 6) is 2.80. The van der Waals surface area contributed by atoms with Crippen molar-refractivity contribution >= 4 is 5.71 Å². The summed E-state index contributed by atoms with van der Waals surface area (Å²) >= 11 is 0. The second kappa shape index (κ2) is 7.27. The van der Waals surface area contributed by atoms with Gasteiger partial charge in [0.1, 0.15) is 23.0 Å². The zero-order chi connectivity index (χ0) is 20.8. The maximum Gasteiger partial charge on any atom is 0.200 e. The van der Waals surface area contributed by atoms with E-state index in [0.29, 0.717) is 0 Å². The molecular formula is C26H27N3O2. The summed E-state index contributed by atoms with van der Waals surface area (Å²) in [6.07, 6.45) is 2.71. The predicted octanol–water partition coefficient (Wildman–Crippen LogP) is 5.12. The average Bonchev–Trinajstić information content (AvgIpc) is 3.44. The van der Waals surface area contributed by atoms with Gasteiger partial charge in [0.2, 0.25) is 5.72 Å². The van der Waals surface area contributed by atoms with Gasteiger partial charge in [0.05, 0.1) is 6.04 Å². The third-order valence-electron chi connectivity index (χ3n) is 6.82. The summed E-state index contributed by atoms with van der Waals surface area (Å²) in [6.45, 7) is 4.95. The highest BCUT2D eigenvalue weighted by atomic mass is 16.5. The van der Waals surface area contributed by atoms with Gasteiger partial charge in [-0.1, -0.05) is 48.5 Å². The first-order chi connectivity index (χ1) is 15.2. The normalized spacial score (nSPS) is 22.0. The molecule has 3 aliphatic rings. The first kappa shape index (κ1) is 18.7. The number of aryl methyl sites for hydroxylation is 1. The summed E-state index contributed by atoms with van der Waals surface area (Å²) in [7, 11) is 0. The monoisotopic (exact) mass is 413 g/mol. The highest BCUT2D eigenvalue weighted by Gasteiger charge is 2.52. The molecule has 0 N–H and O–H groups in total. The van der Waals surface area contributed by atoms with Gasteiger partial charge in [0, 0.05) is 44.5 Å². The topological polar surface area (TPSA) is 41.2 Å². The van der Waals surface area contributed by atoms with Crippen LogP contribution in [0.25, 0.3) is 0 Å². The molecule has 4 heterocycles. The summed E-state index contributed by atoms with van der Waals surface area (Å²) < 4.78 is 12.6. The van der Waals surface area contributed by atoms with E-state index < -0.39 is 5.72 Å². The van der Waals surface area contributed by atoms with Crippen molar-refractivity contribution in [1.82, 2.24) is 9.91 Å². The highest BCUT2D eigenvalue weighted by Crippen LogP contribution is 2.50. The van der Waals surface area contributed by atoms with Gasteiger partial charge in [-0.2, -0.15) is 5.10 Å². The summed E-state index contributed by atoms with van der Waals surface area (Å²) in [5, 5.41) is 7.34. The fourth-order valence-electron chi connectivity index (χ4n) is 5.20. The number of piperidine rings is 1. The van der Waals surface area contributed by atoms with Gasteiger partial charge in [-0.3, -0.25) is 4.90 Å². The lowest BCUT2D eigenvalue weighted by Crippen LogP contribution is -2.59. The van der Waals surface area contributed by atoms with Crippen LogP contribution in [0.3, 0.4) is 0 Å². The van der Waals surface area contributed by atoms with Gasteiger partial charge in [-0.25, -0.2) is 5.01 Å². The molecule has 6 rings (SSSR count). The van der Waals surface area contributed by atoms with Crippen molar-refractivity contribution in [2.24, 2.45) is 5.10 Å². The molecule has 31 heavy (non-hydrogen) atoms. The zero-order valence-electron chi connectivity index (χ0n) is 17.8. The smallest absolute Gasteiger partial charge is 0.200 e. The molecule has 1 fully saturated rings. The van der Waals surface area contributed by atoms with Crippen LogP contribution in [0.1, 0.15) is 48.0 Å². The van der Waals surface area contributed by atoms with Crippen LogP contribution in [0.5, 0.6) is 5.75 Å². The molecule has 1 atom stereocenters. The number of para-hydroxylation sites is 1. The summed E-state index contributed by atoms with van der Waals surface area (Å²) in [5.41, 5.74) is 3.21. The molecule has 5 nitrogen and oxygen atoms in total. The minimum absolute atomic E-state index is 0.200. The predicted molar refractivity (Wildman–Crippen MR) is 120 cm³/mol. The fourth-order valence-corrected chi connectivity index (χ4v) is 5.20. The number of ether oxygens (including phenoxy) is 1. The lowest BCUT2D eigenvalue weighted by molar-refractivity contribution is -0.150. The van der Waals surface area contributed by atoms with E-state index in [0.717, 1.165) is 61.9 Å². The fraction of sp³-hybridized carbons (Fsp3) is 0.346. The van der Waals surface area contributed by atoms with Gasteiger partial charge in [0.25, 0.3) is 0 Å². The van der Waals surface area contributed by atoms with Gasteiger partial charge in [-0.05, 0) is 30.7 Å². The van der Waals surface area contributed by atoms with Crippen molar-refractivity contribution in [2.45, 2.75) is 44.5 Å².